The molecule has 0 heterocycles. The zero-order valence-corrected chi connectivity index (χ0v) is 14.3. The summed E-state index contributed by atoms with van der Waals surface area (Å²) in [5.74, 6) is -0.398. The minimum absolute atomic E-state index is 0.0239. The summed E-state index contributed by atoms with van der Waals surface area (Å²) < 4.78 is 16.4. The summed E-state index contributed by atoms with van der Waals surface area (Å²) in [6, 6.07) is 6.69. The molecule has 5 heteroatoms. The van der Waals surface area contributed by atoms with Gasteiger partial charge in [-0.1, -0.05) is 31.0 Å². The smallest absolute Gasteiger partial charge is 0.338 e. The molecule has 0 aliphatic heterocycles. The van der Waals surface area contributed by atoms with Gasteiger partial charge in [0.25, 0.3) is 0 Å². The van der Waals surface area contributed by atoms with Gasteiger partial charge in [-0.25, -0.2) is 4.79 Å². The average molecular weight is 329 g/mol. The summed E-state index contributed by atoms with van der Waals surface area (Å²) in [5, 5.41) is 0.510. The highest BCUT2D eigenvalue weighted by Gasteiger charge is 2.14. The summed E-state index contributed by atoms with van der Waals surface area (Å²) in [6.07, 6.45) is 1.82. The third-order valence-corrected chi connectivity index (χ3v) is 3.21. The maximum atomic E-state index is 11.9. The molecular weight excluding hydrogens is 304 g/mol. The molecule has 0 aliphatic carbocycles. The van der Waals surface area contributed by atoms with Crippen molar-refractivity contribution in [1.29, 1.82) is 0 Å². The zero-order valence-electron chi connectivity index (χ0n) is 13.5. The summed E-state index contributed by atoms with van der Waals surface area (Å²) in [6.45, 7) is 7.51. The van der Waals surface area contributed by atoms with E-state index < -0.39 is 5.97 Å². The number of unbranched alkanes of at least 4 members (excludes halogenated alkanes) is 1. The van der Waals surface area contributed by atoms with Crippen molar-refractivity contribution in [2.45, 2.75) is 45.8 Å². The van der Waals surface area contributed by atoms with Crippen LogP contribution < -0.4 is 0 Å². The molecule has 0 saturated heterocycles. The van der Waals surface area contributed by atoms with Gasteiger partial charge in [0, 0.05) is 11.6 Å². The second kappa shape index (κ2) is 10.6. The monoisotopic (exact) mass is 328 g/mol. The molecule has 0 fully saturated rings. The lowest BCUT2D eigenvalue weighted by molar-refractivity contribution is -0.0455. The number of hydrogen-bond acceptors (Lipinski definition) is 4. The average Bonchev–Trinajstić information content (AvgIpc) is 2.49. The summed E-state index contributed by atoms with van der Waals surface area (Å²) >= 11 is 5.85. The molecular formula is C17H25ClO4. The second-order valence-electron chi connectivity index (χ2n) is 5.30. The molecule has 0 N–H and O–H groups in total. The topological polar surface area (TPSA) is 44.8 Å². The molecule has 1 aromatic rings. The lowest BCUT2D eigenvalue weighted by Gasteiger charge is -2.18. The molecule has 0 amide bonds. The Bertz CT molecular complexity index is 450. The van der Waals surface area contributed by atoms with E-state index in [0.29, 0.717) is 23.8 Å². The molecule has 0 radical (unpaired) electrons. The van der Waals surface area contributed by atoms with Crippen LogP contribution in [0, 0.1) is 0 Å². The highest BCUT2D eigenvalue weighted by molar-refractivity contribution is 6.30. The fourth-order valence-electron chi connectivity index (χ4n) is 1.74. The Morgan fingerprint density at radius 2 is 2.00 bits per heavy atom. The predicted octanol–water partition coefficient (Wildman–Crippen LogP) is 4.11. The fourth-order valence-corrected chi connectivity index (χ4v) is 1.93. The minimum atomic E-state index is -0.398. The number of esters is 1. The van der Waals surface area contributed by atoms with Crippen molar-refractivity contribution in [1.82, 2.24) is 0 Å². The maximum absolute atomic E-state index is 11.9. The van der Waals surface area contributed by atoms with E-state index in [2.05, 4.69) is 6.92 Å². The number of ether oxygens (including phenoxy) is 3. The van der Waals surface area contributed by atoms with Gasteiger partial charge >= 0.3 is 5.97 Å². The van der Waals surface area contributed by atoms with Gasteiger partial charge in [-0.3, -0.25) is 0 Å². The first-order valence-electron chi connectivity index (χ1n) is 7.68. The summed E-state index contributed by atoms with van der Waals surface area (Å²) in [7, 11) is 0. The number of carbonyl (C=O) groups is 1. The van der Waals surface area contributed by atoms with Crippen LogP contribution in [-0.2, 0) is 14.2 Å². The molecule has 124 valence electrons. The van der Waals surface area contributed by atoms with Crippen LogP contribution in [0.3, 0.4) is 0 Å². The third-order valence-electron chi connectivity index (χ3n) is 2.98. The van der Waals surface area contributed by atoms with Crippen LogP contribution in [-0.4, -0.2) is 38.0 Å². The van der Waals surface area contributed by atoms with Crippen LogP contribution in [0.1, 0.15) is 44.0 Å². The Hall–Kier alpha value is -1.10. The van der Waals surface area contributed by atoms with Crippen LogP contribution in [0.5, 0.6) is 0 Å². The van der Waals surface area contributed by atoms with Gasteiger partial charge in [0.15, 0.2) is 0 Å². The Labute approximate surface area is 137 Å². The number of rotatable bonds is 10. The molecule has 0 spiro atoms. The molecule has 4 nitrogen and oxygen atoms in total. The van der Waals surface area contributed by atoms with Crippen molar-refractivity contribution in [2.24, 2.45) is 0 Å². The Balaban J connectivity index is 2.25. The Morgan fingerprint density at radius 3 is 2.68 bits per heavy atom. The molecule has 0 aromatic heterocycles. The van der Waals surface area contributed by atoms with Gasteiger partial charge in [0.1, 0.15) is 6.10 Å². The lowest BCUT2D eigenvalue weighted by Crippen LogP contribution is -2.25. The molecule has 2 atom stereocenters. The van der Waals surface area contributed by atoms with Crippen molar-refractivity contribution >= 4 is 17.6 Å². The van der Waals surface area contributed by atoms with E-state index in [0.717, 1.165) is 19.4 Å². The van der Waals surface area contributed by atoms with E-state index in [4.69, 9.17) is 25.8 Å². The minimum Gasteiger partial charge on any atom is -0.457 e. The van der Waals surface area contributed by atoms with Crippen molar-refractivity contribution in [3.63, 3.8) is 0 Å². The molecule has 0 aliphatic rings. The number of carbonyl (C=O) groups excluding carboxylic acids is 1. The lowest BCUT2D eigenvalue weighted by atomic mass is 10.2. The van der Waals surface area contributed by atoms with Gasteiger partial charge in [0.05, 0.1) is 24.9 Å². The third kappa shape index (κ3) is 7.78. The highest BCUT2D eigenvalue weighted by atomic mass is 35.5. The first-order valence-corrected chi connectivity index (χ1v) is 8.06. The Kier molecular flexibility index (Phi) is 9.13. The molecule has 0 bridgehead atoms. The normalized spacial score (nSPS) is 13.6. The van der Waals surface area contributed by atoms with E-state index in [1.54, 1.807) is 31.2 Å². The van der Waals surface area contributed by atoms with Gasteiger partial charge in [-0.15, -0.1) is 0 Å². The van der Waals surface area contributed by atoms with E-state index >= 15 is 0 Å². The van der Waals surface area contributed by atoms with Gasteiger partial charge in [-0.2, -0.15) is 0 Å². The SMILES string of the molecule is CCCCOCC(C)OCC(C)OC(=O)c1cccc(Cl)c1. The largest absolute Gasteiger partial charge is 0.457 e. The zero-order chi connectivity index (χ0) is 16.4. The molecule has 1 rings (SSSR count). The van der Waals surface area contributed by atoms with Crippen LogP contribution >= 0.6 is 11.6 Å². The quantitative estimate of drug-likeness (QED) is 0.479. The summed E-state index contributed by atoms with van der Waals surface area (Å²) in [4.78, 5) is 11.9. The van der Waals surface area contributed by atoms with Crippen molar-refractivity contribution in [3.05, 3.63) is 34.9 Å². The predicted molar refractivity (Wildman–Crippen MR) is 87.5 cm³/mol. The van der Waals surface area contributed by atoms with Crippen LogP contribution in [0.4, 0.5) is 0 Å². The number of hydrogen-bond donors (Lipinski definition) is 0. The first-order chi connectivity index (χ1) is 10.5. The van der Waals surface area contributed by atoms with Gasteiger partial charge in [0.2, 0.25) is 0 Å². The number of halogens is 1. The maximum Gasteiger partial charge on any atom is 0.338 e. The second-order valence-corrected chi connectivity index (χ2v) is 5.74. The fraction of sp³-hybridized carbons (Fsp3) is 0.588. The van der Waals surface area contributed by atoms with Crippen LogP contribution in [0.15, 0.2) is 24.3 Å². The van der Waals surface area contributed by atoms with Crippen LogP contribution in [0.25, 0.3) is 0 Å². The van der Waals surface area contributed by atoms with Crippen LogP contribution in [0.2, 0.25) is 5.02 Å². The van der Waals surface area contributed by atoms with Gasteiger partial charge in [-0.05, 0) is 38.5 Å². The molecule has 2 unspecified atom stereocenters. The van der Waals surface area contributed by atoms with Crippen molar-refractivity contribution in [2.75, 3.05) is 19.8 Å². The Morgan fingerprint density at radius 1 is 1.23 bits per heavy atom. The molecule has 0 saturated carbocycles. The molecule has 22 heavy (non-hydrogen) atoms. The first kappa shape index (κ1) is 18.9. The van der Waals surface area contributed by atoms with Crippen molar-refractivity contribution < 1.29 is 19.0 Å². The standard InChI is InChI=1S/C17H25ClO4/c1-4-5-9-20-11-13(2)21-12-14(3)22-17(19)15-7-6-8-16(18)10-15/h6-8,10,13-14H,4-5,9,11-12H2,1-3H3. The van der Waals surface area contributed by atoms with Gasteiger partial charge < -0.3 is 14.2 Å². The van der Waals surface area contributed by atoms with Crippen molar-refractivity contribution in [3.8, 4) is 0 Å². The van der Waals surface area contributed by atoms with E-state index in [-0.39, 0.29) is 12.2 Å². The van der Waals surface area contributed by atoms with E-state index in [9.17, 15) is 4.79 Å². The highest BCUT2D eigenvalue weighted by Crippen LogP contribution is 2.12. The van der Waals surface area contributed by atoms with E-state index in [1.807, 2.05) is 6.92 Å². The number of benzene rings is 1. The summed E-state index contributed by atoms with van der Waals surface area (Å²) in [5.41, 5.74) is 0.440. The molecule has 1 aromatic carbocycles. The van der Waals surface area contributed by atoms with E-state index in [1.165, 1.54) is 0 Å².